The zero-order chi connectivity index (χ0) is 22.8. The van der Waals surface area contributed by atoms with Crippen molar-refractivity contribution in [2.75, 3.05) is 25.0 Å². The van der Waals surface area contributed by atoms with Crippen LogP contribution < -0.4 is 10.5 Å². The molecule has 0 saturated carbocycles. The summed E-state index contributed by atoms with van der Waals surface area (Å²) in [7, 11) is 1.84. The second-order valence-electron chi connectivity index (χ2n) is 9.37. The van der Waals surface area contributed by atoms with Gasteiger partial charge in [0.2, 0.25) is 0 Å². The zero-order valence-electron chi connectivity index (χ0n) is 19.4. The number of benzene rings is 2. The predicted molar refractivity (Wildman–Crippen MR) is 132 cm³/mol. The lowest BCUT2D eigenvalue weighted by molar-refractivity contribution is 0.0785. The highest BCUT2D eigenvalue weighted by Gasteiger charge is 2.20. The van der Waals surface area contributed by atoms with Crippen LogP contribution in [0.4, 0.5) is 5.69 Å². The van der Waals surface area contributed by atoms with Crippen molar-refractivity contribution in [3.8, 4) is 0 Å². The number of rotatable bonds is 4. The number of aryl methyl sites for hydroxylation is 1. The molecule has 2 aromatic carbocycles. The summed E-state index contributed by atoms with van der Waals surface area (Å²) in [4.78, 5) is 35.4. The van der Waals surface area contributed by atoms with Gasteiger partial charge >= 0.3 is 0 Å². The highest BCUT2D eigenvalue weighted by Crippen LogP contribution is 2.26. The van der Waals surface area contributed by atoms with Crippen LogP contribution in [-0.2, 0) is 19.5 Å². The van der Waals surface area contributed by atoms with Gasteiger partial charge in [-0.15, -0.1) is 0 Å². The molecule has 2 aliphatic rings. The van der Waals surface area contributed by atoms with E-state index in [1.54, 1.807) is 23.1 Å². The van der Waals surface area contributed by atoms with E-state index in [1.165, 1.54) is 24.9 Å². The Morgan fingerprint density at radius 1 is 0.970 bits per heavy atom. The summed E-state index contributed by atoms with van der Waals surface area (Å²) in [5, 5.41) is 0.595. The second kappa shape index (κ2) is 9.38. The van der Waals surface area contributed by atoms with Crippen LogP contribution in [0, 0.1) is 0 Å². The average molecular weight is 445 g/mol. The quantitative estimate of drug-likeness (QED) is 0.599. The van der Waals surface area contributed by atoms with Crippen molar-refractivity contribution in [2.45, 2.75) is 58.0 Å². The maximum atomic E-state index is 13.3. The van der Waals surface area contributed by atoms with Crippen LogP contribution in [0.2, 0.25) is 0 Å². The molecule has 1 saturated heterocycles. The Kier molecular flexibility index (Phi) is 6.16. The summed E-state index contributed by atoms with van der Waals surface area (Å²) >= 11 is 0. The number of aromatic nitrogens is 2. The van der Waals surface area contributed by atoms with Crippen LogP contribution in [0.1, 0.15) is 60.3 Å². The summed E-state index contributed by atoms with van der Waals surface area (Å²) in [5.41, 5.74) is 3.61. The van der Waals surface area contributed by atoms with Crippen LogP contribution in [0.15, 0.2) is 47.3 Å². The van der Waals surface area contributed by atoms with E-state index in [9.17, 15) is 9.59 Å². The van der Waals surface area contributed by atoms with Crippen LogP contribution in [0.5, 0.6) is 0 Å². The summed E-state index contributed by atoms with van der Waals surface area (Å²) in [5.74, 6) is 0.798. The number of amides is 1. The molecule has 1 amide bonds. The summed E-state index contributed by atoms with van der Waals surface area (Å²) in [6.07, 6.45) is 7.65. The smallest absolute Gasteiger partial charge is 0.261 e. The van der Waals surface area contributed by atoms with E-state index in [1.807, 2.05) is 17.7 Å². The first-order valence-corrected chi connectivity index (χ1v) is 12.2. The first-order chi connectivity index (χ1) is 16.1. The van der Waals surface area contributed by atoms with Crippen LogP contribution in [0.3, 0.4) is 0 Å². The van der Waals surface area contributed by atoms with Gasteiger partial charge in [-0.25, -0.2) is 4.98 Å². The molecule has 6 heteroatoms. The van der Waals surface area contributed by atoms with E-state index in [4.69, 9.17) is 4.98 Å². The predicted octanol–water partition coefficient (Wildman–Crippen LogP) is 4.39. The number of para-hydroxylation sites is 1. The standard InChI is InChI=1S/C27H32N4O2/c1-29(19-21-10-5-6-11-24(21)30-15-8-9-16-30)26(32)20-13-14-22-23(18-20)28-25-12-4-2-3-7-17-31(25)27(22)33/h5-6,10-11,13-14,18H,2-4,7-9,12,15-17,19H2,1H3. The van der Waals surface area contributed by atoms with Crippen LogP contribution in [-0.4, -0.2) is 40.5 Å². The monoisotopic (exact) mass is 444 g/mol. The third-order valence-electron chi connectivity index (χ3n) is 7.01. The molecule has 1 aromatic heterocycles. The van der Waals surface area contributed by atoms with E-state index < -0.39 is 0 Å². The highest BCUT2D eigenvalue weighted by molar-refractivity contribution is 5.97. The number of anilines is 1. The van der Waals surface area contributed by atoms with E-state index in [0.29, 0.717) is 23.0 Å². The van der Waals surface area contributed by atoms with Crippen molar-refractivity contribution < 1.29 is 4.79 Å². The molecular weight excluding hydrogens is 412 g/mol. The van der Waals surface area contributed by atoms with Gasteiger partial charge in [0.25, 0.3) is 11.5 Å². The number of fused-ring (bicyclic) bond motifs is 2. The third-order valence-corrected chi connectivity index (χ3v) is 7.01. The fourth-order valence-corrected chi connectivity index (χ4v) is 5.19. The van der Waals surface area contributed by atoms with Crippen molar-refractivity contribution >= 4 is 22.5 Å². The molecular formula is C27H32N4O2. The second-order valence-corrected chi connectivity index (χ2v) is 9.37. The molecule has 0 unspecified atom stereocenters. The Bertz CT molecular complexity index is 1230. The Morgan fingerprint density at radius 3 is 2.58 bits per heavy atom. The van der Waals surface area contributed by atoms with Gasteiger partial charge in [0.1, 0.15) is 5.82 Å². The molecule has 1 fully saturated rings. The van der Waals surface area contributed by atoms with Crippen molar-refractivity contribution in [2.24, 2.45) is 0 Å². The van der Waals surface area contributed by atoms with Gasteiger partial charge in [-0.1, -0.05) is 31.0 Å². The maximum absolute atomic E-state index is 13.3. The zero-order valence-corrected chi connectivity index (χ0v) is 19.4. The molecule has 33 heavy (non-hydrogen) atoms. The SMILES string of the molecule is CN(Cc1ccccc1N1CCCC1)C(=O)c1ccc2c(=O)n3c(nc2c1)CCCCCC3. The number of nitrogens with zero attached hydrogens (tertiary/aromatic N) is 4. The molecule has 6 nitrogen and oxygen atoms in total. The molecule has 3 aromatic rings. The Hall–Kier alpha value is -3.15. The van der Waals surface area contributed by atoms with Crippen LogP contribution >= 0.6 is 0 Å². The van der Waals surface area contributed by atoms with Gasteiger partial charge in [0.15, 0.2) is 0 Å². The van der Waals surface area contributed by atoms with Crippen molar-refractivity contribution in [1.82, 2.24) is 14.5 Å². The van der Waals surface area contributed by atoms with E-state index in [2.05, 4.69) is 23.1 Å². The Labute approximate surface area is 194 Å². The molecule has 0 bridgehead atoms. The Morgan fingerprint density at radius 2 is 1.73 bits per heavy atom. The largest absolute Gasteiger partial charge is 0.371 e. The number of hydrogen-bond acceptors (Lipinski definition) is 4. The molecule has 0 radical (unpaired) electrons. The van der Waals surface area contributed by atoms with Gasteiger partial charge in [0, 0.05) is 50.9 Å². The third kappa shape index (κ3) is 4.39. The van der Waals surface area contributed by atoms with Gasteiger partial charge in [0.05, 0.1) is 10.9 Å². The summed E-state index contributed by atoms with van der Waals surface area (Å²) in [6.45, 7) is 3.43. The lowest BCUT2D eigenvalue weighted by Gasteiger charge is -2.24. The maximum Gasteiger partial charge on any atom is 0.261 e. The van der Waals surface area contributed by atoms with E-state index in [-0.39, 0.29) is 11.5 Å². The first kappa shape index (κ1) is 21.7. The summed E-state index contributed by atoms with van der Waals surface area (Å²) < 4.78 is 1.84. The molecule has 172 valence electrons. The number of hydrogen-bond donors (Lipinski definition) is 0. The Balaban J connectivity index is 1.41. The van der Waals surface area contributed by atoms with Gasteiger partial charge < -0.3 is 9.80 Å². The molecule has 5 rings (SSSR count). The topological polar surface area (TPSA) is 58.4 Å². The highest BCUT2D eigenvalue weighted by atomic mass is 16.2. The molecule has 2 aliphatic heterocycles. The number of carbonyl (C=O) groups excluding carboxylic acids is 1. The minimum atomic E-state index is -0.0539. The molecule has 0 N–H and O–H groups in total. The van der Waals surface area contributed by atoms with E-state index >= 15 is 0 Å². The normalized spacial score (nSPS) is 16.3. The molecule has 0 spiro atoms. The lowest BCUT2D eigenvalue weighted by atomic mass is 10.1. The lowest BCUT2D eigenvalue weighted by Crippen LogP contribution is -2.29. The molecule has 0 atom stereocenters. The minimum absolute atomic E-state index is 0.0174. The number of carbonyl (C=O) groups is 1. The van der Waals surface area contributed by atoms with Crippen molar-refractivity contribution in [1.29, 1.82) is 0 Å². The van der Waals surface area contributed by atoms with E-state index in [0.717, 1.165) is 56.7 Å². The summed E-state index contributed by atoms with van der Waals surface area (Å²) in [6, 6.07) is 13.7. The van der Waals surface area contributed by atoms with Crippen molar-refractivity contribution in [3.05, 3.63) is 69.8 Å². The van der Waals surface area contributed by atoms with Crippen LogP contribution in [0.25, 0.3) is 10.9 Å². The fraction of sp³-hybridized carbons (Fsp3) is 0.444. The van der Waals surface area contributed by atoms with Gasteiger partial charge in [-0.05, 0) is 55.5 Å². The fourth-order valence-electron chi connectivity index (χ4n) is 5.19. The average Bonchev–Trinajstić information content (AvgIpc) is 3.35. The molecule has 0 aliphatic carbocycles. The molecule has 3 heterocycles. The van der Waals surface area contributed by atoms with Gasteiger partial charge in [-0.2, -0.15) is 0 Å². The minimum Gasteiger partial charge on any atom is -0.371 e. The van der Waals surface area contributed by atoms with Crippen molar-refractivity contribution in [3.63, 3.8) is 0 Å². The first-order valence-electron chi connectivity index (χ1n) is 12.2. The van der Waals surface area contributed by atoms with Gasteiger partial charge in [-0.3, -0.25) is 14.2 Å².